The minimum atomic E-state index is -0.161. The van der Waals surface area contributed by atoms with Crippen LogP contribution in [-0.4, -0.2) is 22.5 Å². The first-order valence-corrected chi connectivity index (χ1v) is 10.4. The van der Waals surface area contributed by atoms with Crippen molar-refractivity contribution in [3.05, 3.63) is 87.2 Å². The fourth-order valence-corrected chi connectivity index (χ4v) is 4.09. The Morgan fingerprint density at radius 1 is 1.17 bits per heavy atom. The highest BCUT2D eigenvalue weighted by atomic mass is 35.5. The van der Waals surface area contributed by atoms with Gasteiger partial charge >= 0.3 is 0 Å². The molecule has 29 heavy (non-hydrogen) atoms. The van der Waals surface area contributed by atoms with Crippen LogP contribution in [0.2, 0.25) is 5.02 Å². The van der Waals surface area contributed by atoms with Crippen molar-refractivity contribution in [2.75, 3.05) is 6.54 Å². The molecule has 0 radical (unpaired) electrons. The number of aryl methyl sites for hydroxylation is 1. The highest BCUT2D eigenvalue weighted by Crippen LogP contribution is 2.32. The molecule has 0 aliphatic carbocycles. The molecule has 0 spiro atoms. The average molecular weight is 427 g/mol. The lowest BCUT2D eigenvalue weighted by atomic mass is 10.0. The lowest BCUT2D eigenvalue weighted by Gasteiger charge is -2.21. The third-order valence-electron chi connectivity index (χ3n) is 4.63. The summed E-state index contributed by atoms with van der Waals surface area (Å²) in [6.45, 7) is 2.65. The Morgan fingerprint density at radius 3 is 2.76 bits per heavy atom. The molecule has 3 aromatic heterocycles. The normalized spacial score (nSPS) is 11.0. The molecule has 1 amide bonds. The smallest absolute Gasteiger partial charge is 0.260 e. The number of halogens is 1. The molecule has 148 valence electrons. The number of benzene rings is 1. The Balaban J connectivity index is 1.67. The van der Waals surface area contributed by atoms with Crippen molar-refractivity contribution >= 4 is 28.8 Å². The number of amides is 1. The predicted molar refractivity (Wildman–Crippen MR) is 113 cm³/mol. The number of hydrogen-bond donors (Lipinski definition) is 0. The molecule has 5 nitrogen and oxygen atoms in total. The number of carbonyl (C=O) groups is 1. The van der Waals surface area contributed by atoms with Crippen LogP contribution in [0.25, 0.3) is 11.3 Å². The fraction of sp³-hybridized carbons (Fsp3) is 0.182. The molecule has 0 atom stereocenters. The van der Waals surface area contributed by atoms with Crippen molar-refractivity contribution in [1.29, 1.82) is 0 Å². The third kappa shape index (κ3) is 4.28. The predicted octanol–water partition coefficient (Wildman–Crippen LogP) is 5.84. The number of thiophene rings is 1. The Morgan fingerprint density at radius 2 is 2.03 bits per heavy atom. The first-order chi connectivity index (χ1) is 14.1. The summed E-state index contributed by atoms with van der Waals surface area (Å²) in [5.41, 5.74) is 1.56. The van der Waals surface area contributed by atoms with Gasteiger partial charge in [-0.3, -0.25) is 4.79 Å². The Hall–Kier alpha value is -2.83. The van der Waals surface area contributed by atoms with Crippen LogP contribution < -0.4 is 0 Å². The van der Waals surface area contributed by atoms with E-state index in [0.29, 0.717) is 40.7 Å². The average Bonchev–Trinajstić information content (AvgIpc) is 3.47. The van der Waals surface area contributed by atoms with Gasteiger partial charge in [0.05, 0.1) is 17.8 Å². The van der Waals surface area contributed by atoms with E-state index in [9.17, 15) is 4.79 Å². The molecule has 3 heterocycles. The lowest BCUT2D eigenvalue weighted by molar-refractivity contribution is 0.0732. The number of hydrogen-bond acceptors (Lipinski definition) is 5. The first-order valence-electron chi connectivity index (χ1n) is 9.18. The Kier molecular flexibility index (Phi) is 5.83. The molecule has 4 rings (SSSR count). The summed E-state index contributed by atoms with van der Waals surface area (Å²) >= 11 is 8.03. The summed E-state index contributed by atoms with van der Waals surface area (Å²) in [4.78, 5) is 16.5. The van der Waals surface area contributed by atoms with E-state index in [1.807, 2.05) is 41.8 Å². The maximum atomic E-state index is 13.6. The van der Waals surface area contributed by atoms with Crippen LogP contribution in [0, 0.1) is 6.92 Å². The van der Waals surface area contributed by atoms with Gasteiger partial charge in [0.15, 0.2) is 0 Å². The van der Waals surface area contributed by atoms with Gasteiger partial charge in [-0.15, -0.1) is 11.3 Å². The van der Waals surface area contributed by atoms with Crippen molar-refractivity contribution in [3.63, 3.8) is 0 Å². The van der Waals surface area contributed by atoms with Crippen LogP contribution in [0.4, 0.5) is 0 Å². The zero-order valence-corrected chi connectivity index (χ0v) is 17.4. The highest BCUT2D eigenvalue weighted by molar-refractivity contribution is 7.09. The number of aromatic nitrogens is 1. The van der Waals surface area contributed by atoms with Crippen LogP contribution >= 0.6 is 22.9 Å². The SMILES string of the molecule is Cc1onc(-c2ccccc2Cl)c1C(=O)N(CCc1cccs1)Cc1ccco1. The molecule has 1 aromatic carbocycles. The summed E-state index contributed by atoms with van der Waals surface area (Å²) in [7, 11) is 0. The van der Waals surface area contributed by atoms with E-state index in [1.165, 1.54) is 4.88 Å². The number of rotatable bonds is 7. The van der Waals surface area contributed by atoms with E-state index in [0.717, 1.165) is 12.2 Å². The minimum absolute atomic E-state index is 0.161. The summed E-state index contributed by atoms with van der Waals surface area (Å²) in [6, 6.07) is 15.1. The highest BCUT2D eigenvalue weighted by Gasteiger charge is 2.27. The second-order valence-corrected chi connectivity index (χ2v) is 8.02. The summed E-state index contributed by atoms with van der Waals surface area (Å²) in [5.74, 6) is 1.02. The number of furan rings is 1. The van der Waals surface area contributed by atoms with Gasteiger partial charge in [-0.2, -0.15) is 0 Å². The van der Waals surface area contributed by atoms with Crippen molar-refractivity contribution in [1.82, 2.24) is 10.1 Å². The van der Waals surface area contributed by atoms with Crippen LogP contribution in [0.1, 0.15) is 26.8 Å². The monoisotopic (exact) mass is 426 g/mol. The van der Waals surface area contributed by atoms with E-state index in [-0.39, 0.29) is 5.91 Å². The molecule has 0 aliphatic rings. The lowest BCUT2D eigenvalue weighted by Crippen LogP contribution is -2.32. The van der Waals surface area contributed by atoms with E-state index >= 15 is 0 Å². The molecule has 0 fully saturated rings. The molecule has 0 N–H and O–H groups in total. The molecule has 0 bridgehead atoms. The molecule has 0 saturated heterocycles. The molecular weight excluding hydrogens is 408 g/mol. The summed E-state index contributed by atoms with van der Waals surface area (Å²) < 4.78 is 10.9. The molecule has 0 saturated carbocycles. The topological polar surface area (TPSA) is 59.5 Å². The second kappa shape index (κ2) is 8.68. The Labute approximate surface area is 177 Å². The molecule has 0 unspecified atom stereocenters. The van der Waals surface area contributed by atoms with Crippen LogP contribution in [0.15, 0.2) is 69.1 Å². The van der Waals surface area contributed by atoms with Gasteiger partial charge in [0, 0.05) is 17.0 Å². The van der Waals surface area contributed by atoms with E-state index < -0.39 is 0 Å². The van der Waals surface area contributed by atoms with Gasteiger partial charge in [-0.05, 0) is 43.0 Å². The van der Waals surface area contributed by atoms with Crippen LogP contribution in [-0.2, 0) is 13.0 Å². The standard InChI is InChI=1S/C22H19ClN2O3S/c1-15-20(21(24-28-15)18-8-2-3-9-19(18)23)22(26)25(14-16-6-4-12-27-16)11-10-17-7-5-13-29-17/h2-9,12-13H,10-11,14H2,1H3. The largest absolute Gasteiger partial charge is 0.467 e. The van der Waals surface area contributed by atoms with Gasteiger partial charge < -0.3 is 13.8 Å². The van der Waals surface area contributed by atoms with Gasteiger partial charge in [-0.25, -0.2) is 0 Å². The minimum Gasteiger partial charge on any atom is -0.467 e. The Bertz CT molecular complexity index is 1090. The van der Waals surface area contributed by atoms with Crippen molar-refractivity contribution in [2.24, 2.45) is 0 Å². The van der Waals surface area contributed by atoms with E-state index in [1.54, 1.807) is 35.5 Å². The van der Waals surface area contributed by atoms with Gasteiger partial charge in [0.25, 0.3) is 5.91 Å². The van der Waals surface area contributed by atoms with Gasteiger partial charge in [0.2, 0.25) is 0 Å². The molecule has 0 aliphatic heterocycles. The van der Waals surface area contributed by atoms with E-state index in [4.69, 9.17) is 20.5 Å². The van der Waals surface area contributed by atoms with Crippen molar-refractivity contribution < 1.29 is 13.7 Å². The maximum absolute atomic E-state index is 13.6. The fourth-order valence-electron chi connectivity index (χ4n) is 3.16. The first kappa shape index (κ1) is 19.5. The zero-order chi connectivity index (χ0) is 20.2. The van der Waals surface area contributed by atoms with Crippen molar-refractivity contribution in [2.45, 2.75) is 19.9 Å². The number of carbonyl (C=O) groups excluding carboxylic acids is 1. The molecular formula is C22H19ClN2O3S. The third-order valence-corrected chi connectivity index (χ3v) is 5.89. The number of nitrogens with zero attached hydrogens (tertiary/aromatic N) is 2. The van der Waals surface area contributed by atoms with Gasteiger partial charge in [0.1, 0.15) is 22.8 Å². The molecule has 7 heteroatoms. The van der Waals surface area contributed by atoms with Crippen molar-refractivity contribution in [3.8, 4) is 11.3 Å². The summed E-state index contributed by atoms with van der Waals surface area (Å²) in [5, 5.41) is 6.68. The summed E-state index contributed by atoms with van der Waals surface area (Å²) in [6.07, 6.45) is 2.37. The van der Waals surface area contributed by atoms with Crippen LogP contribution in [0.3, 0.4) is 0 Å². The molecule has 4 aromatic rings. The second-order valence-electron chi connectivity index (χ2n) is 6.58. The van der Waals surface area contributed by atoms with E-state index in [2.05, 4.69) is 11.2 Å². The zero-order valence-electron chi connectivity index (χ0n) is 15.8. The van der Waals surface area contributed by atoms with Gasteiger partial charge in [-0.1, -0.05) is 41.0 Å². The van der Waals surface area contributed by atoms with Crippen LogP contribution in [0.5, 0.6) is 0 Å². The quantitative estimate of drug-likeness (QED) is 0.372. The maximum Gasteiger partial charge on any atom is 0.260 e.